The topological polar surface area (TPSA) is 73.2 Å². The van der Waals surface area contributed by atoms with Gasteiger partial charge in [0.15, 0.2) is 0 Å². The molecule has 0 atom stereocenters. The van der Waals surface area contributed by atoms with Gasteiger partial charge in [0.05, 0.1) is 12.8 Å². The van der Waals surface area contributed by atoms with E-state index in [0.717, 1.165) is 16.9 Å². The molecule has 0 amide bonds. The Labute approximate surface area is 147 Å². The molecule has 0 saturated heterocycles. The van der Waals surface area contributed by atoms with Crippen molar-refractivity contribution in [3.05, 3.63) is 60.4 Å². The van der Waals surface area contributed by atoms with Gasteiger partial charge >= 0.3 is 0 Å². The summed E-state index contributed by atoms with van der Waals surface area (Å²) >= 11 is 0. The predicted molar refractivity (Wildman–Crippen MR) is 97.2 cm³/mol. The molecule has 7 heteroatoms. The summed E-state index contributed by atoms with van der Waals surface area (Å²) in [6.45, 7) is 1.67. The van der Waals surface area contributed by atoms with Crippen molar-refractivity contribution in [1.82, 2.24) is 9.78 Å². The molecule has 0 saturated carbocycles. The molecule has 2 aromatic carbocycles. The molecule has 0 spiro atoms. The van der Waals surface area contributed by atoms with Crippen LogP contribution < -0.4 is 9.46 Å². The Kier molecular flexibility index (Phi) is 4.50. The molecule has 0 bridgehead atoms. The van der Waals surface area contributed by atoms with E-state index in [4.69, 9.17) is 4.74 Å². The Hall–Kier alpha value is -2.80. The summed E-state index contributed by atoms with van der Waals surface area (Å²) in [6.07, 6.45) is 1.49. The summed E-state index contributed by atoms with van der Waals surface area (Å²) in [5.41, 5.74) is 2.84. The fourth-order valence-electron chi connectivity index (χ4n) is 2.65. The van der Waals surface area contributed by atoms with Crippen LogP contribution in [0.3, 0.4) is 0 Å². The van der Waals surface area contributed by atoms with Crippen molar-refractivity contribution in [2.45, 2.75) is 11.8 Å². The molecule has 1 N–H and O–H groups in total. The fourth-order valence-corrected chi connectivity index (χ4v) is 3.93. The summed E-state index contributed by atoms with van der Waals surface area (Å²) in [6, 6.07) is 14.8. The van der Waals surface area contributed by atoms with Gasteiger partial charge in [-0.2, -0.15) is 5.10 Å². The van der Waals surface area contributed by atoms with E-state index in [-0.39, 0.29) is 4.90 Å². The lowest BCUT2D eigenvalue weighted by Crippen LogP contribution is -2.13. The number of nitrogens with one attached hydrogen (secondary N) is 1. The summed E-state index contributed by atoms with van der Waals surface area (Å²) < 4.78 is 34.4. The molecule has 6 nitrogen and oxygen atoms in total. The van der Waals surface area contributed by atoms with Crippen LogP contribution >= 0.6 is 0 Å². The molecule has 0 unspecified atom stereocenters. The Morgan fingerprint density at radius 1 is 1.08 bits per heavy atom. The third-order valence-electron chi connectivity index (χ3n) is 3.81. The smallest absolute Gasteiger partial charge is 0.265 e. The zero-order valence-electron chi connectivity index (χ0n) is 14.2. The van der Waals surface area contributed by atoms with Crippen LogP contribution in [0, 0.1) is 6.92 Å². The minimum atomic E-state index is -3.67. The zero-order chi connectivity index (χ0) is 18.0. The molecule has 0 radical (unpaired) electrons. The van der Waals surface area contributed by atoms with Crippen LogP contribution in [0.1, 0.15) is 5.69 Å². The zero-order valence-corrected chi connectivity index (χ0v) is 15.0. The highest BCUT2D eigenvalue weighted by Crippen LogP contribution is 2.30. The van der Waals surface area contributed by atoms with Gasteiger partial charge in [-0.25, -0.2) is 8.42 Å². The first-order valence-corrected chi connectivity index (χ1v) is 9.15. The molecule has 25 heavy (non-hydrogen) atoms. The molecule has 0 aliphatic heterocycles. The average molecular weight is 357 g/mol. The van der Waals surface area contributed by atoms with Gasteiger partial charge in [0.25, 0.3) is 10.0 Å². The molecule has 0 fully saturated rings. The van der Waals surface area contributed by atoms with E-state index in [1.807, 2.05) is 36.4 Å². The van der Waals surface area contributed by atoms with Crippen LogP contribution in [0.5, 0.6) is 5.75 Å². The number of hydrogen-bond donors (Lipinski definition) is 1. The van der Waals surface area contributed by atoms with Gasteiger partial charge in [-0.05, 0) is 30.7 Å². The van der Waals surface area contributed by atoms with E-state index >= 15 is 0 Å². The van der Waals surface area contributed by atoms with Crippen LogP contribution in [0.15, 0.2) is 59.6 Å². The lowest BCUT2D eigenvalue weighted by molar-refractivity contribution is 0.416. The number of ether oxygens (including phenoxy) is 1. The molecule has 0 aliphatic rings. The standard InChI is InChI=1S/C18H19N3O3S/c1-13-18(12-21(2)19-13)25(22,23)20-15-10-8-14(9-11-15)16-6-4-5-7-17(16)24-3/h4-12,20H,1-3H3. The van der Waals surface area contributed by atoms with E-state index in [1.165, 1.54) is 10.9 Å². The molecule has 0 aliphatic carbocycles. The number of sulfonamides is 1. The summed E-state index contributed by atoms with van der Waals surface area (Å²) in [5, 5.41) is 4.08. The van der Waals surface area contributed by atoms with Crippen molar-refractivity contribution in [1.29, 1.82) is 0 Å². The molecule has 3 rings (SSSR count). The number of aryl methyl sites for hydroxylation is 2. The van der Waals surface area contributed by atoms with Crippen LogP contribution in [-0.2, 0) is 17.1 Å². The minimum absolute atomic E-state index is 0.170. The quantitative estimate of drug-likeness (QED) is 0.761. The van der Waals surface area contributed by atoms with Crippen LogP contribution in [0.2, 0.25) is 0 Å². The van der Waals surface area contributed by atoms with Crippen molar-refractivity contribution < 1.29 is 13.2 Å². The molecule has 130 valence electrons. The summed E-state index contributed by atoms with van der Waals surface area (Å²) in [5.74, 6) is 0.766. The maximum atomic E-state index is 12.5. The molecule has 3 aromatic rings. The first kappa shape index (κ1) is 17.0. The van der Waals surface area contributed by atoms with Crippen LogP contribution in [0.25, 0.3) is 11.1 Å². The largest absolute Gasteiger partial charge is 0.496 e. The molecule has 1 heterocycles. The summed E-state index contributed by atoms with van der Waals surface area (Å²) in [4.78, 5) is 0.170. The number of para-hydroxylation sites is 1. The van der Waals surface area contributed by atoms with Crippen molar-refractivity contribution in [3.63, 3.8) is 0 Å². The Morgan fingerprint density at radius 2 is 1.76 bits per heavy atom. The highest BCUT2D eigenvalue weighted by atomic mass is 32.2. The van der Waals surface area contributed by atoms with Crippen molar-refractivity contribution >= 4 is 15.7 Å². The Balaban J connectivity index is 1.87. The number of nitrogens with zero attached hydrogens (tertiary/aromatic N) is 2. The van der Waals surface area contributed by atoms with E-state index in [9.17, 15) is 8.42 Å². The highest BCUT2D eigenvalue weighted by Gasteiger charge is 2.20. The van der Waals surface area contributed by atoms with Gasteiger partial charge in [0.1, 0.15) is 10.6 Å². The molecular formula is C18H19N3O3S. The van der Waals surface area contributed by atoms with Gasteiger partial charge in [-0.15, -0.1) is 0 Å². The van der Waals surface area contributed by atoms with E-state index in [0.29, 0.717) is 11.4 Å². The number of rotatable bonds is 5. The monoisotopic (exact) mass is 357 g/mol. The molecule has 1 aromatic heterocycles. The third kappa shape index (κ3) is 3.51. The number of anilines is 1. The normalized spacial score (nSPS) is 11.3. The highest BCUT2D eigenvalue weighted by molar-refractivity contribution is 7.92. The Bertz CT molecular complexity index is 993. The number of aromatic nitrogens is 2. The van der Waals surface area contributed by atoms with E-state index in [1.54, 1.807) is 33.2 Å². The van der Waals surface area contributed by atoms with Crippen molar-refractivity contribution in [3.8, 4) is 16.9 Å². The SMILES string of the molecule is COc1ccccc1-c1ccc(NS(=O)(=O)c2cn(C)nc2C)cc1. The average Bonchev–Trinajstić information content (AvgIpc) is 2.94. The first-order chi connectivity index (χ1) is 11.9. The number of hydrogen-bond acceptors (Lipinski definition) is 4. The molecular weight excluding hydrogens is 338 g/mol. The lowest BCUT2D eigenvalue weighted by atomic mass is 10.0. The minimum Gasteiger partial charge on any atom is -0.496 e. The van der Waals surface area contributed by atoms with Gasteiger partial charge in [-0.1, -0.05) is 30.3 Å². The van der Waals surface area contributed by atoms with Crippen LogP contribution in [-0.4, -0.2) is 25.3 Å². The number of methoxy groups -OCH3 is 1. The maximum Gasteiger partial charge on any atom is 0.265 e. The van der Waals surface area contributed by atoms with Crippen molar-refractivity contribution in [2.75, 3.05) is 11.8 Å². The van der Waals surface area contributed by atoms with Gasteiger partial charge in [-0.3, -0.25) is 9.40 Å². The third-order valence-corrected chi connectivity index (χ3v) is 5.30. The Morgan fingerprint density at radius 3 is 2.36 bits per heavy atom. The maximum absolute atomic E-state index is 12.5. The second-order valence-electron chi connectivity index (χ2n) is 5.64. The second-order valence-corrected chi connectivity index (χ2v) is 7.29. The van der Waals surface area contributed by atoms with Crippen molar-refractivity contribution in [2.24, 2.45) is 7.05 Å². The second kappa shape index (κ2) is 6.60. The van der Waals surface area contributed by atoms with Gasteiger partial charge in [0.2, 0.25) is 0 Å². The van der Waals surface area contributed by atoms with Crippen LogP contribution in [0.4, 0.5) is 5.69 Å². The summed E-state index contributed by atoms with van der Waals surface area (Å²) in [7, 11) is -0.360. The fraction of sp³-hybridized carbons (Fsp3) is 0.167. The van der Waals surface area contributed by atoms with E-state index < -0.39 is 10.0 Å². The van der Waals surface area contributed by atoms with E-state index in [2.05, 4.69) is 9.82 Å². The van der Waals surface area contributed by atoms with Gasteiger partial charge < -0.3 is 4.74 Å². The van der Waals surface area contributed by atoms with Gasteiger partial charge in [0, 0.05) is 24.5 Å². The first-order valence-electron chi connectivity index (χ1n) is 7.67. The number of benzene rings is 2. The predicted octanol–water partition coefficient (Wildman–Crippen LogP) is 3.20. The lowest BCUT2D eigenvalue weighted by Gasteiger charge is -2.10.